The van der Waals surface area contributed by atoms with Crippen molar-refractivity contribution in [1.82, 2.24) is 0 Å². The maximum Gasteiger partial charge on any atom is 0.270 e. The Bertz CT molecular complexity index is 809. The van der Waals surface area contributed by atoms with Crippen molar-refractivity contribution < 1.29 is 4.79 Å². The van der Waals surface area contributed by atoms with E-state index in [0.717, 1.165) is 16.8 Å². The summed E-state index contributed by atoms with van der Waals surface area (Å²) in [6, 6.07) is 17.8. The van der Waals surface area contributed by atoms with Crippen LogP contribution in [0.15, 0.2) is 71.7 Å². The average Bonchev–Trinajstić information content (AvgIpc) is 2.82. The largest absolute Gasteiger partial charge is 0.270 e. The van der Waals surface area contributed by atoms with Gasteiger partial charge in [-0.3, -0.25) is 9.69 Å². The van der Waals surface area contributed by atoms with E-state index >= 15 is 0 Å². The molecular formula is C19H15NOS2. The first-order chi connectivity index (χ1) is 11.1. The number of nitrogens with zero attached hydrogens (tertiary/aromatic N) is 1. The Morgan fingerprint density at radius 3 is 2.61 bits per heavy atom. The van der Waals surface area contributed by atoms with Crippen molar-refractivity contribution in [2.45, 2.75) is 6.92 Å². The second-order valence-corrected chi connectivity index (χ2v) is 6.82. The molecule has 0 aromatic heterocycles. The third-order valence-electron chi connectivity index (χ3n) is 3.39. The summed E-state index contributed by atoms with van der Waals surface area (Å²) in [5, 5.41) is 0. The van der Waals surface area contributed by atoms with E-state index in [1.807, 2.05) is 79.7 Å². The summed E-state index contributed by atoms with van der Waals surface area (Å²) in [6.07, 6.45) is 5.68. The van der Waals surface area contributed by atoms with Crippen molar-refractivity contribution in [3.8, 4) is 0 Å². The molecule has 2 nitrogen and oxygen atoms in total. The monoisotopic (exact) mass is 337 g/mol. The predicted octanol–water partition coefficient (Wildman–Crippen LogP) is 4.96. The van der Waals surface area contributed by atoms with Gasteiger partial charge in [0.25, 0.3) is 5.91 Å². The Hall–Kier alpha value is -2.17. The molecule has 1 heterocycles. The van der Waals surface area contributed by atoms with E-state index in [1.54, 1.807) is 4.90 Å². The molecule has 0 aliphatic carbocycles. The van der Waals surface area contributed by atoms with Crippen molar-refractivity contribution in [3.63, 3.8) is 0 Å². The van der Waals surface area contributed by atoms with Crippen LogP contribution in [0, 0.1) is 6.92 Å². The van der Waals surface area contributed by atoms with Crippen LogP contribution in [0.4, 0.5) is 5.69 Å². The highest BCUT2D eigenvalue weighted by Crippen LogP contribution is 2.35. The smallest absolute Gasteiger partial charge is 0.268 e. The van der Waals surface area contributed by atoms with Crippen molar-refractivity contribution in [2.24, 2.45) is 0 Å². The van der Waals surface area contributed by atoms with E-state index < -0.39 is 0 Å². The third kappa shape index (κ3) is 3.60. The summed E-state index contributed by atoms with van der Waals surface area (Å²) in [6.45, 7) is 2.00. The lowest BCUT2D eigenvalue weighted by Gasteiger charge is -2.14. The standard InChI is InChI=1S/C19H15NOS2/c1-14-7-5-11-16(13-14)20-18(21)17(23-19(20)22)12-6-10-15-8-3-2-4-9-15/h2-13H,1H3/b10-6+,17-12-. The van der Waals surface area contributed by atoms with E-state index in [9.17, 15) is 4.79 Å². The number of thioether (sulfide) groups is 1. The Morgan fingerprint density at radius 2 is 1.87 bits per heavy atom. The predicted molar refractivity (Wildman–Crippen MR) is 102 cm³/mol. The Kier molecular flexibility index (Phi) is 4.74. The highest BCUT2D eigenvalue weighted by Gasteiger charge is 2.32. The van der Waals surface area contributed by atoms with Crippen LogP contribution in [0.1, 0.15) is 11.1 Å². The zero-order valence-corrected chi connectivity index (χ0v) is 14.2. The zero-order valence-electron chi connectivity index (χ0n) is 12.6. The molecule has 1 aliphatic rings. The quantitative estimate of drug-likeness (QED) is 0.583. The van der Waals surface area contributed by atoms with Gasteiger partial charge in [-0.2, -0.15) is 0 Å². The molecular weight excluding hydrogens is 322 g/mol. The van der Waals surface area contributed by atoms with E-state index in [1.165, 1.54) is 11.8 Å². The minimum atomic E-state index is -0.0664. The van der Waals surface area contributed by atoms with Crippen LogP contribution in [0.3, 0.4) is 0 Å². The van der Waals surface area contributed by atoms with E-state index in [2.05, 4.69) is 0 Å². The minimum absolute atomic E-state index is 0.0664. The first-order valence-corrected chi connectivity index (χ1v) is 8.44. The number of rotatable bonds is 3. The van der Waals surface area contributed by atoms with Gasteiger partial charge in [0.1, 0.15) is 0 Å². The van der Waals surface area contributed by atoms with Gasteiger partial charge in [-0.1, -0.05) is 78.6 Å². The molecule has 0 unspecified atom stereocenters. The number of amides is 1. The van der Waals surface area contributed by atoms with Gasteiger partial charge in [-0.05, 0) is 36.3 Å². The lowest BCUT2D eigenvalue weighted by atomic mass is 10.2. The number of hydrogen-bond acceptors (Lipinski definition) is 3. The van der Waals surface area contributed by atoms with Crippen molar-refractivity contribution in [1.29, 1.82) is 0 Å². The summed E-state index contributed by atoms with van der Waals surface area (Å²) < 4.78 is 0.569. The number of aryl methyl sites for hydroxylation is 1. The molecule has 1 aliphatic heterocycles. The molecule has 114 valence electrons. The Morgan fingerprint density at radius 1 is 1.09 bits per heavy atom. The van der Waals surface area contributed by atoms with Gasteiger partial charge >= 0.3 is 0 Å². The van der Waals surface area contributed by atoms with Crippen molar-refractivity contribution >= 4 is 46.0 Å². The molecule has 0 N–H and O–H groups in total. The fraction of sp³-hybridized carbons (Fsp3) is 0.0526. The van der Waals surface area contributed by atoms with Gasteiger partial charge in [0.2, 0.25) is 0 Å². The second kappa shape index (κ2) is 6.94. The fourth-order valence-electron chi connectivity index (χ4n) is 2.28. The maximum absolute atomic E-state index is 12.6. The molecule has 0 atom stereocenters. The van der Waals surface area contributed by atoms with Gasteiger partial charge in [0.15, 0.2) is 4.32 Å². The molecule has 0 saturated carbocycles. The number of benzene rings is 2. The normalized spacial score (nSPS) is 16.7. The number of allylic oxidation sites excluding steroid dienone is 2. The first-order valence-electron chi connectivity index (χ1n) is 7.21. The van der Waals surface area contributed by atoms with Crippen LogP contribution in [0.2, 0.25) is 0 Å². The van der Waals surface area contributed by atoms with Gasteiger partial charge in [-0.25, -0.2) is 0 Å². The molecule has 0 spiro atoms. The summed E-state index contributed by atoms with van der Waals surface area (Å²) in [7, 11) is 0. The van der Waals surface area contributed by atoms with Gasteiger partial charge in [0, 0.05) is 0 Å². The number of thiocarbonyl (C=S) groups is 1. The van der Waals surface area contributed by atoms with Crippen LogP contribution < -0.4 is 4.90 Å². The highest BCUT2D eigenvalue weighted by atomic mass is 32.2. The summed E-state index contributed by atoms with van der Waals surface area (Å²) >= 11 is 6.70. The first kappa shape index (κ1) is 15.7. The summed E-state index contributed by atoms with van der Waals surface area (Å²) in [5.41, 5.74) is 3.02. The van der Waals surface area contributed by atoms with E-state index in [0.29, 0.717) is 9.23 Å². The second-order valence-electron chi connectivity index (χ2n) is 5.15. The molecule has 4 heteroatoms. The summed E-state index contributed by atoms with van der Waals surface area (Å²) in [5.74, 6) is -0.0664. The number of carbonyl (C=O) groups is 1. The van der Waals surface area contributed by atoms with Gasteiger partial charge < -0.3 is 0 Å². The molecule has 0 radical (unpaired) electrons. The fourth-order valence-corrected chi connectivity index (χ4v) is 3.53. The number of hydrogen-bond donors (Lipinski definition) is 0. The third-order valence-corrected chi connectivity index (χ3v) is 4.71. The lowest BCUT2D eigenvalue weighted by Crippen LogP contribution is -2.27. The Labute approximate surface area is 145 Å². The number of carbonyl (C=O) groups excluding carboxylic acids is 1. The molecule has 2 aromatic carbocycles. The molecule has 1 saturated heterocycles. The van der Waals surface area contributed by atoms with E-state index in [4.69, 9.17) is 12.2 Å². The Balaban J connectivity index is 1.81. The van der Waals surface area contributed by atoms with Crippen molar-refractivity contribution in [2.75, 3.05) is 4.90 Å². The van der Waals surface area contributed by atoms with Crippen LogP contribution in [-0.2, 0) is 4.79 Å². The maximum atomic E-state index is 12.6. The topological polar surface area (TPSA) is 20.3 Å². The lowest BCUT2D eigenvalue weighted by molar-refractivity contribution is -0.113. The molecule has 1 amide bonds. The SMILES string of the molecule is Cc1cccc(N2C(=O)/C(=C/C=C/c3ccccc3)SC2=S)c1. The van der Waals surface area contributed by atoms with Gasteiger partial charge in [-0.15, -0.1) is 0 Å². The summed E-state index contributed by atoms with van der Waals surface area (Å²) in [4.78, 5) is 14.8. The average molecular weight is 337 g/mol. The molecule has 23 heavy (non-hydrogen) atoms. The highest BCUT2D eigenvalue weighted by molar-refractivity contribution is 8.27. The molecule has 2 aromatic rings. The van der Waals surface area contributed by atoms with Gasteiger partial charge in [0.05, 0.1) is 10.6 Å². The molecule has 1 fully saturated rings. The minimum Gasteiger partial charge on any atom is -0.268 e. The number of anilines is 1. The van der Waals surface area contributed by atoms with Crippen LogP contribution in [0.25, 0.3) is 6.08 Å². The van der Waals surface area contributed by atoms with Crippen molar-refractivity contribution in [3.05, 3.63) is 82.8 Å². The molecule has 3 rings (SSSR count). The van der Waals surface area contributed by atoms with Crippen LogP contribution in [-0.4, -0.2) is 10.2 Å². The van der Waals surface area contributed by atoms with E-state index in [-0.39, 0.29) is 5.91 Å². The zero-order chi connectivity index (χ0) is 16.2. The van der Waals surface area contributed by atoms with Crippen LogP contribution in [0.5, 0.6) is 0 Å². The van der Waals surface area contributed by atoms with Crippen LogP contribution >= 0.6 is 24.0 Å². The molecule has 0 bridgehead atoms.